The van der Waals surface area contributed by atoms with Gasteiger partial charge in [-0.2, -0.15) is 0 Å². The van der Waals surface area contributed by atoms with E-state index in [1.54, 1.807) is 25.1 Å². The lowest BCUT2D eigenvalue weighted by atomic mass is 9.99. The van der Waals surface area contributed by atoms with E-state index in [2.05, 4.69) is 5.32 Å². The second-order valence-corrected chi connectivity index (χ2v) is 6.88. The van der Waals surface area contributed by atoms with Gasteiger partial charge in [0.1, 0.15) is 0 Å². The Hall–Kier alpha value is -3.88. The molecule has 1 aromatic heterocycles. The van der Waals surface area contributed by atoms with Crippen molar-refractivity contribution in [3.63, 3.8) is 0 Å². The number of carboxylic acid groups (broad SMARTS) is 1. The van der Waals surface area contributed by atoms with E-state index in [0.29, 0.717) is 11.3 Å². The summed E-state index contributed by atoms with van der Waals surface area (Å²) < 4.78 is 1.83. The smallest absolute Gasteiger partial charge is 0.323 e. The van der Waals surface area contributed by atoms with E-state index in [4.69, 9.17) is 5.11 Å². The number of rotatable bonds is 6. The molecule has 0 fully saturated rings. The molecule has 1 atom stereocenters. The second-order valence-electron chi connectivity index (χ2n) is 6.88. The van der Waals surface area contributed by atoms with Gasteiger partial charge in [-0.15, -0.1) is 0 Å². The Morgan fingerprint density at radius 1 is 1.17 bits per heavy atom. The summed E-state index contributed by atoms with van der Waals surface area (Å²) in [6, 6.07) is 8.43. The Balaban J connectivity index is 2.02. The van der Waals surface area contributed by atoms with Crippen molar-refractivity contribution in [2.45, 2.75) is 19.4 Å². The van der Waals surface area contributed by atoms with Crippen LogP contribution in [0.5, 0.6) is 0 Å². The van der Waals surface area contributed by atoms with Gasteiger partial charge < -0.3 is 19.9 Å². The Morgan fingerprint density at radius 3 is 2.53 bits per heavy atom. The fraction of sp³-hybridized carbons (Fsp3) is 0.238. The van der Waals surface area contributed by atoms with Crippen LogP contribution >= 0.6 is 0 Å². The maximum atomic E-state index is 13.0. The van der Waals surface area contributed by atoms with Crippen LogP contribution in [0.3, 0.4) is 0 Å². The number of hydrogen-bond acceptors (Lipinski definition) is 4. The summed E-state index contributed by atoms with van der Waals surface area (Å²) in [6.45, 7) is 1.44. The Morgan fingerprint density at radius 2 is 1.87 bits per heavy atom. The van der Waals surface area contributed by atoms with Crippen LogP contribution in [0.15, 0.2) is 60.6 Å². The molecule has 0 bridgehead atoms. The Labute approximate surface area is 173 Å². The van der Waals surface area contributed by atoms with Gasteiger partial charge in [-0.3, -0.25) is 19.3 Å². The second kappa shape index (κ2) is 8.64. The van der Waals surface area contributed by atoms with Crippen molar-refractivity contribution in [3.8, 4) is 5.69 Å². The van der Waals surface area contributed by atoms with Crippen molar-refractivity contribution < 1.29 is 24.3 Å². The molecular formula is C21H22N4O5. The van der Waals surface area contributed by atoms with Crippen LogP contribution in [-0.4, -0.2) is 57.9 Å². The minimum atomic E-state index is -1.38. The third kappa shape index (κ3) is 4.24. The summed E-state index contributed by atoms with van der Waals surface area (Å²) in [5.41, 5.74) is 1.41. The van der Waals surface area contributed by atoms with Crippen molar-refractivity contribution in [2.75, 3.05) is 18.5 Å². The van der Waals surface area contributed by atoms with Gasteiger partial charge >= 0.3 is 12.0 Å². The number of nitrogens with one attached hydrogen (secondary N) is 1. The first-order chi connectivity index (χ1) is 14.3. The van der Waals surface area contributed by atoms with E-state index >= 15 is 0 Å². The van der Waals surface area contributed by atoms with Gasteiger partial charge in [0.2, 0.25) is 0 Å². The Kier molecular flexibility index (Phi) is 6.01. The first-order valence-corrected chi connectivity index (χ1v) is 9.31. The molecule has 30 heavy (non-hydrogen) atoms. The highest BCUT2D eigenvalue weighted by atomic mass is 16.4. The molecule has 0 aliphatic carbocycles. The molecule has 9 nitrogen and oxygen atoms in total. The number of ketones is 1. The molecule has 2 aromatic rings. The molecule has 9 heteroatoms. The summed E-state index contributed by atoms with van der Waals surface area (Å²) in [5, 5.41) is 11.3. The predicted octanol–water partition coefficient (Wildman–Crippen LogP) is 1.78. The molecule has 3 rings (SSSR count). The normalized spacial score (nSPS) is 16.3. The topological polar surface area (TPSA) is 112 Å². The molecule has 1 aliphatic heterocycles. The summed E-state index contributed by atoms with van der Waals surface area (Å²) in [5.74, 6) is -2.11. The molecule has 0 saturated heterocycles. The van der Waals surface area contributed by atoms with E-state index in [1.807, 2.05) is 35.2 Å². The summed E-state index contributed by atoms with van der Waals surface area (Å²) >= 11 is 0. The maximum absolute atomic E-state index is 13.0. The van der Waals surface area contributed by atoms with E-state index in [0.717, 1.165) is 10.6 Å². The fourth-order valence-electron chi connectivity index (χ4n) is 3.22. The number of amides is 3. The number of likely N-dealkylation sites (N-methyl/N-ethyl adjacent to an activating group) is 1. The first kappa shape index (κ1) is 20.8. The zero-order valence-electron chi connectivity index (χ0n) is 16.6. The van der Waals surface area contributed by atoms with Gasteiger partial charge in [-0.25, -0.2) is 4.79 Å². The highest BCUT2D eigenvalue weighted by Gasteiger charge is 2.41. The molecule has 1 aliphatic rings. The number of hydrogen-bond donors (Lipinski definition) is 2. The van der Waals surface area contributed by atoms with Crippen molar-refractivity contribution in [1.82, 2.24) is 14.8 Å². The number of Topliss-reactive ketones (excluding diaryl/α,β-unsaturated/α-hetero) is 1. The third-order valence-corrected chi connectivity index (χ3v) is 4.71. The third-order valence-electron chi connectivity index (χ3n) is 4.71. The molecule has 1 unspecified atom stereocenters. The van der Waals surface area contributed by atoms with E-state index in [1.165, 1.54) is 18.1 Å². The van der Waals surface area contributed by atoms with Crippen molar-refractivity contribution >= 4 is 29.4 Å². The van der Waals surface area contributed by atoms with Gasteiger partial charge in [-0.1, -0.05) is 6.07 Å². The number of nitrogens with zero attached hydrogens (tertiary/aromatic N) is 3. The summed E-state index contributed by atoms with van der Waals surface area (Å²) in [4.78, 5) is 51.9. The van der Waals surface area contributed by atoms with Crippen LogP contribution in [0.4, 0.5) is 10.5 Å². The number of carboxylic acids is 1. The summed E-state index contributed by atoms with van der Waals surface area (Å²) in [7, 11) is 1.52. The summed E-state index contributed by atoms with van der Waals surface area (Å²) in [6.07, 6.45) is 4.80. The highest BCUT2D eigenvalue weighted by Crippen LogP contribution is 2.26. The van der Waals surface area contributed by atoms with Gasteiger partial charge in [-0.05, 0) is 37.3 Å². The van der Waals surface area contributed by atoms with Gasteiger partial charge in [0, 0.05) is 49.1 Å². The lowest BCUT2D eigenvalue weighted by Gasteiger charge is -2.34. The quantitative estimate of drug-likeness (QED) is 0.705. The zero-order valence-corrected chi connectivity index (χ0v) is 16.6. The molecule has 2 heterocycles. The van der Waals surface area contributed by atoms with Crippen molar-refractivity contribution in [3.05, 3.63) is 60.6 Å². The van der Waals surface area contributed by atoms with Crippen molar-refractivity contribution in [2.24, 2.45) is 0 Å². The number of carbonyl (C=O) groups is 4. The van der Waals surface area contributed by atoms with Crippen LogP contribution in [0, 0.1) is 0 Å². The average molecular weight is 410 g/mol. The minimum Gasteiger partial charge on any atom is -0.481 e. The lowest BCUT2D eigenvalue weighted by molar-refractivity contribution is -0.137. The number of aromatic nitrogens is 1. The number of aliphatic carboxylic acids is 1. The number of urea groups is 1. The molecule has 2 N–H and O–H groups in total. The molecular weight excluding hydrogens is 388 g/mol. The van der Waals surface area contributed by atoms with Gasteiger partial charge in [0.25, 0.3) is 5.91 Å². The lowest BCUT2D eigenvalue weighted by Crippen LogP contribution is -2.58. The van der Waals surface area contributed by atoms with Crippen LogP contribution in [-0.2, 0) is 14.4 Å². The molecule has 0 radical (unpaired) electrons. The van der Waals surface area contributed by atoms with Gasteiger partial charge in [0.15, 0.2) is 11.8 Å². The number of carbonyl (C=O) groups excluding carboxylic acids is 3. The minimum absolute atomic E-state index is 0.137. The Bertz CT molecular complexity index is 1010. The average Bonchev–Trinajstić information content (AvgIpc) is 3.24. The number of anilines is 1. The highest BCUT2D eigenvalue weighted by molar-refractivity contribution is 6.21. The van der Waals surface area contributed by atoms with E-state index in [-0.39, 0.29) is 13.0 Å². The largest absolute Gasteiger partial charge is 0.481 e. The fourth-order valence-corrected chi connectivity index (χ4v) is 3.22. The van der Waals surface area contributed by atoms with Crippen molar-refractivity contribution in [1.29, 1.82) is 0 Å². The van der Waals surface area contributed by atoms with Gasteiger partial charge in [0.05, 0.1) is 6.42 Å². The van der Waals surface area contributed by atoms with Crippen LogP contribution in [0.1, 0.15) is 13.3 Å². The van der Waals surface area contributed by atoms with Crippen LogP contribution in [0.2, 0.25) is 0 Å². The monoisotopic (exact) mass is 410 g/mol. The molecule has 3 amide bonds. The first-order valence-electron chi connectivity index (χ1n) is 9.31. The van der Waals surface area contributed by atoms with Crippen LogP contribution < -0.4 is 10.2 Å². The molecule has 156 valence electrons. The number of benzene rings is 1. The van der Waals surface area contributed by atoms with Crippen LogP contribution in [0.25, 0.3) is 5.69 Å². The zero-order chi connectivity index (χ0) is 21.8. The van der Waals surface area contributed by atoms with E-state index < -0.39 is 29.7 Å². The predicted molar refractivity (Wildman–Crippen MR) is 109 cm³/mol. The SMILES string of the molecule is CC1=CN(C)C(=O)C(N(C(=O)NCCC(=O)O)c2cccc(-n3cccc3)c2)C1=O. The molecule has 0 spiro atoms. The maximum Gasteiger partial charge on any atom is 0.323 e. The molecule has 1 aromatic carbocycles. The standard InChI is InChI=1S/C21H22N4O5/c1-14-13-23(2)20(29)18(19(14)28)25(21(30)22-9-8-17(26)27)16-7-5-6-15(12-16)24-10-3-4-11-24/h3-7,10-13,18H,8-9H2,1-2H3,(H,22,30)(H,26,27). The molecule has 0 saturated carbocycles. The van der Waals surface area contributed by atoms with E-state index in [9.17, 15) is 19.2 Å².